The highest BCUT2D eigenvalue weighted by molar-refractivity contribution is 5.04. The van der Waals surface area contributed by atoms with E-state index in [1.54, 1.807) is 0 Å². The van der Waals surface area contributed by atoms with Crippen LogP contribution in [0.1, 0.15) is 64.6 Å². The Hall–Kier alpha value is -0.830. The van der Waals surface area contributed by atoms with E-state index in [2.05, 4.69) is 43.0 Å². The molecule has 19 heavy (non-hydrogen) atoms. The van der Waals surface area contributed by atoms with Crippen LogP contribution in [0.15, 0.2) is 12.3 Å². The molecule has 0 saturated heterocycles. The van der Waals surface area contributed by atoms with Crippen molar-refractivity contribution in [2.75, 3.05) is 7.05 Å². The maximum Gasteiger partial charge on any atom is 0.0640 e. The zero-order valence-corrected chi connectivity index (χ0v) is 12.9. The Labute approximate surface area is 117 Å². The number of hydrogen-bond acceptors (Lipinski definition) is 2. The van der Waals surface area contributed by atoms with Crippen LogP contribution in [0.25, 0.3) is 0 Å². The van der Waals surface area contributed by atoms with Crippen LogP contribution in [0.5, 0.6) is 0 Å². The highest BCUT2D eigenvalue weighted by Crippen LogP contribution is 2.28. The summed E-state index contributed by atoms with van der Waals surface area (Å²) in [7, 11) is 2.05. The van der Waals surface area contributed by atoms with Crippen molar-refractivity contribution in [2.45, 2.75) is 71.4 Å². The highest BCUT2D eigenvalue weighted by atomic mass is 15.3. The van der Waals surface area contributed by atoms with Crippen LogP contribution in [0.2, 0.25) is 0 Å². The molecule has 1 fully saturated rings. The fourth-order valence-corrected chi connectivity index (χ4v) is 3.09. The number of likely N-dealkylation sites (N-methyl/N-ethyl adjacent to an activating group) is 1. The van der Waals surface area contributed by atoms with Gasteiger partial charge in [0, 0.05) is 18.7 Å². The zero-order valence-electron chi connectivity index (χ0n) is 12.9. The van der Waals surface area contributed by atoms with Gasteiger partial charge in [-0.3, -0.25) is 4.68 Å². The molecule has 3 nitrogen and oxygen atoms in total. The molecule has 1 unspecified atom stereocenters. The Bertz CT molecular complexity index is 383. The zero-order chi connectivity index (χ0) is 13.9. The van der Waals surface area contributed by atoms with Crippen molar-refractivity contribution in [1.29, 1.82) is 0 Å². The molecule has 108 valence electrons. The largest absolute Gasteiger partial charge is 0.316 e. The summed E-state index contributed by atoms with van der Waals surface area (Å²) in [6, 6.07) is 3.32. The third-order valence-corrected chi connectivity index (χ3v) is 4.42. The van der Waals surface area contributed by atoms with Gasteiger partial charge in [0.15, 0.2) is 0 Å². The molecular weight excluding hydrogens is 234 g/mol. The molecule has 0 bridgehead atoms. The summed E-state index contributed by atoms with van der Waals surface area (Å²) in [6.07, 6.45) is 9.92. The van der Waals surface area contributed by atoms with Crippen LogP contribution in [-0.2, 0) is 6.42 Å². The Morgan fingerprint density at radius 2 is 2.00 bits per heavy atom. The molecule has 0 aromatic carbocycles. The van der Waals surface area contributed by atoms with Crippen LogP contribution in [0.3, 0.4) is 0 Å². The summed E-state index contributed by atoms with van der Waals surface area (Å²) < 4.78 is 2.21. The Kier molecular flexibility index (Phi) is 4.67. The number of nitrogens with zero attached hydrogens (tertiary/aromatic N) is 2. The van der Waals surface area contributed by atoms with Gasteiger partial charge >= 0.3 is 0 Å². The normalized spacial score (nSPS) is 19.6. The van der Waals surface area contributed by atoms with Gasteiger partial charge in [-0.2, -0.15) is 5.10 Å². The quantitative estimate of drug-likeness (QED) is 0.900. The maximum absolute atomic E-state index is 4.81. The summed E-state index contributed by atoms with van der Waals surface area (Å²) in [5, 5.41) is 8.24. The summed E-state index contributed by atoms with van der Waals surface area (Å²) in [5.41, 5.74) is 1.49. The van der Waals surface area contributed by atoms with Gasteiger partial charge < -0.3 is 5.32 Å². The molecular formula is C16H29N3. The van der Waals surface area contributed by atoms with E-state index in [-0.39, 0.29) is 5.41 Å². The lowest BCUT2D eigenvalue weighted by Gasteiger charge is -2.30. The number of rotatable bonds is 4. The van der Waals surface area contributed by atoms with E-state index in [1.807, 2.05) is 7.05 Å². The van der Waals surface area contributed by atoms with Gasteiger partial charge in [0.1, 0.15) is 0 Å². The first-order chi connectivity index (χ1) is 9.00. The molecule has 1 aliphatic rings. The second-order valence-corrected chi connectivity index (χ2v) is 6.99. The standard InChI is InChI=1S/C16H29N3/c1-16(2,3)15(17-4)12-13-10-11-19(18-13)14-8-6-5-7-9-14/h10-11,14-15,17H,5-9,12H2,1-4H3. The van der Waals surface area contributed by atoms with Crippen molar-refractivity contribution in [1.82, 2.24) is 15.1 Å². The number of aromatic nitrogens is 2. The predicted octanol–water partition coefficient (Wildman–Crippen LogP) is 3.56. The molecule has 2 rings (SSSR count). The van der Waals surface area contributed by atoms with Crippen LogP contribution in [0.4, 0.5) is 0 Å². The van der Waals surface area contributed by atoms with Gasteiger partial charge in [-0.05, 0) is 31.4 Å². The average molecular weight is 263 g/mol. The fraction of sp³-hybridized carbons (Fsp3) is 0.812. The van der Waals surface area contributed by atoms with E-state index in [4.69, 9.17) is 5.10 Å². The fourth-order valence-electron chi connectivity index (χ4n) is 3.09. The second kappa shape index (κ2) is 6.08. The van der Waals surface area contributed by atoms with Gasteiger partial charge in [-0.25, -0.2) is 0 Å². The van der Waals surface area contributed by atoms with Gasteiger partial charge in [0.05, 0.1) is 11.7 Å². The summed E-state index contributed by atoms with van der Waals surface area (Å²) >= 11 is 0. The Morgan fingerprint density at radius 3 is 2.58 bits per heavy atom. The molecule has 1 aromatic rings. The molecule has 0 spiro atoms. The molecule has 0 amide bonds. The molecule has 1 aliphatic carbocycles. The minimum absolute atomic E-state index is 0.267. The van der Waals surface area contributed by atoms with Crippen molar-refractivity contribution in [3.8, 4) is 0 Å². The topological polar surface area (TPSA) is 29.9 Å². The van der Waals surface area contributed by atoms with E-state index >= 15 is 0 Å². The van der Waals surface area contributed by atoms with E-state index in [0.717, 1.165) is 6.42 Å². The second-order valence-electron chi connectivity index (χ2n) is 6.99. The minimum Gasteiger partial charge on any atom is -0.316 e. The SMILES string of the molecule is CNC(Cc1ccn(C2CCCCC2)n1)C(C)(C)C. The van der Waals surface area contributed by atoms with Crippen LogP contribution in [-0.4, -0.2) is 22.9 Å². The summed E-state index contributed by atoms with van der Waals surface area (Å²) in [5.74, 6) is 0. The molecule has 1 atom stereocenters. The molecule has 1 heterocycles. The van der Waals surface area contributed by atoms with Crippen molar-refractivity contribution in [3.63, 3.8) is 0 Å². The van der Waals surface area contributed by atoms with Crippen LogP contribution in [0, 0.1) is 5.41 Å². The van der Waals surface area contributed by atoms with Crippen LogP contribution < -0.4 is 5.32 Å². The van der Waals surface area contributed by atoms with Gasteiger partial charge in [-0.1, -0.05) is 40.0 Å². The van der Waals surface area contributed by atoms with Crippen molar-refractivity contribution < 1.29 is 0 Å². The van der Waals surface area contributed by atoms with Crippen molar-refractivity contribution in [2.24, 2.45) is 5.41 Å². The Morgan fingerprint density at radius 1 is 1.32 bits per heavy atom. The van der Waals surface area contributed by atoms with Gasteiger partial charge in [0.2, 0.25) is 0 Å². The first-order valence-corrected chi connectivity index (χ1v) is 7.72. The maximum atomic E-state index is 4.81. The molecule has 1 saturated carbocycles. The first kappa shape index (κ1) is 14.6. The van der Waals surface area contributed by atoms with Crippen molar-refractivity contribution >= 4 is 0 Å². The van der Waals surface area contributed by atoms with Crippen LogP contribution >= 0.6 is 0 Å². The monoisotopic (exact) mass is 263 g/mol. The van der Waals surface area contributed by atoms with E-state index in [0.29, 0.717) is 12.1 Å². The molecule has 0 aliphatic heterocycles. The van der Waals surface area contributed by atoms with Gasteiger partial charge in [0.25, 0.3) is 0 Å². The van der Waals surface area contributed by atoms with E-state index < -0.39 is 0 Å². The molecule has 1 aromatic heterocycles. The third kappa shape index (κ3) is 3.82. The lowest BCUT2D eigenvalue weighted by Crippen LogP contribution is -2.39. The number of nitrogens with one attached hydrogen (secondary N) is 1. The van der Waals surface area contributed by atoms with E-state index in [9.17, 15) is 0 Å². The van der Waals surface area contributed by atoms with E-state index in [1.165, 1.54) is 37.8 Å². The first-order valence-electron chi connectivity index (χ1n) is 7.72. The predicted molar refractivity (Wildman–Crippen MR) is 80.4 cm³/mol. The minimum atomic E-state index is 0.267. The smallest absolute Gasteiger partial charge is 0.0640 e. The molecule has 0 radical (unpaired) electrons. The Balaban J connectivity index is 2.00. The van der Waals surface area contributed by atoms with Crippen molar-refractivity contribution in [3.05, 3.63) is 18.0 Å². The van der Waals surface area contributed by atoms with Gasteiger partial charge in [-0.15, -0.1) is 0 Å². The number of hydrogen-bond donors (Lipinski definition) is 1. The summed E-state index contributed by atoms with van der Waals surface area (Å²) in [6.45, 7) is 6.85. The lowest BCUT2D eigenvalue weighted by molar-refractivity contribution is 0.276. The average Bonchev–Trinajstić information content (AvgIpc) is 2.84. The summed E-state index contributed by atoms with van der Waals surface area (Å²) in [4.78, 5) is 0. The third-order valence-electron chi connectivity index (χ3n) is 4.42. The lowest BCUT2D eigenvalue weighted by atomic mass is 9.84. The molecule has 1 N–H and O–H groups in total. The molecule has 3 heteroatoms. The highest BCUT2D eigenvalue weighted by Gasteiger charge is 2.24.